The van der Waals surface area contributed by atoms with Crippen LogP contribution < -0.4 is 9.64 Å². The number of ether oxygens (including phenoxy) is 1. The van der Waals surface area contributed by atoms with Crippen LogP contribution in [-0.2, 0) is 16.0 Å². The Hall–Kier alpha value is -3.77. The van der Waals surface area contributed by atoms with Crippen LogP contribution in [0.4, 0.5) is 5.69 Å². The molecule has 0 radical (unpaired) electrons. The highest BCUT2D eigenvalue weighted by Crippen LogP contribution is 2.43. The lowest BCUT2D eigenvalue weighted by molar-refractivity contribution is -0.132. The Bertz CT molecular complexity index is 1250. The van der Waals surface area contributed by atoms with E-state index in [2.05, 4.69) is 0 Å². The van der Waals surface area contributed by atoms with Gasteiger partial charge in [0.05, 0.1) is 23.7 Å². The highest BCUT2D eigenvalue weighted by atomic mass is 35.5. The molecule has 1 aliphatic heterocycles. The van der Waals surface area contributed by atoms with Crippen molar-refractivity contribution in [2.45, 2.75) is 19.4 Å². The maximum absolute atomic E-state index is 13.2. The van der Waals surface area contributed by atoms with Crippen LogP contribution in [0.5, 0.6) is 11.5 Å². The first kappa shape index (κ1) is 22.4. The van der Waals surface area contributed by atoms with Gasteiger partial charge in [-0.05, 0) is 60.0 Å². The smallest absolute Gasteiger partial charge is 0.300 e. The fraction of sp³-hybridized carbons (Fsp3) is 0.154. The van der Waals surface area contributed by atoms with E-state index in [0.29, 0.717) is 17.0 Å². The molecule has 0 spiro atoms. The van der Waals surface area contributed by atoms with Crippen molar-refractivity contribution >= 4 is 34.7 Å². The number of rotatable bonds is 5. The predicted molar refractivity (Wildman–Crippen MR) is 127 cm³/mol. The number of phenolic OH excluding ortho intramolecular Hbond substituents is 1. The van der Waals surface area contributed by atoms with Crippen LogP contribution in [0.1, 0.15) is 29.7 Å². The minimum Gasteiger partial charge on any atom is -0.508 e. The van der Waals surface area contributed by atoms with Crippen LogP contribution >= 0.6 is 11.6 Å². The molecule has 1 aliphatic rings. The minimum absolute atomic E-state index is 0.0406. The molecule has 0 aliphatic carbocycles. The fourth-order valence-electron chi connectivity index (χ4n) is 3.92. The van der Waals surface area contributed by atoms with Crippen molar-refractivity contribution in [2.24, 2.45) is 0 Å². The molecule has 1 amide bonds. The van der Waals surface area contributed by atoms with E-state index in [1.165, 1.54) is 30.2 Å². The zero-order valence-corrected chi connectivity index (χ0v) is 18.8. The Kier molecular flexibility index (Phi) is 6.11. The number of hydrogen-bond donors (Lipinski definition) is 2. The van der Waals surface area contributed by atoms with Crippen LogP contribution in [-0.4, -0.2) is 29.0 Å². The van der Waals surface area contributed by atoms with Crippen molar-refractivity contribution < 1.29 is 24.5 Å². The van der Waals surface area contributed by atoms with Crippen molar-refractivity contribution in [1.82, 2.24) is 0 Å². The second-order valence-electron chi connectivity index (χ2n) is 7.63. The maximum atomic E-state index is 13.2. The molecule has 1 heterocycles. The van der Waals surface area contributed by atoms with Gasteiger partial charge in [0.2, 0.25) is 0 Å². The molecule has 168 valence electrons. The third-order valence-corrected chi connectivity index (χ3v) is 6.03. The number of anilines is 1. The number of hydrogen-bond acceptors (Lipinski definition) is 5. The molecule has 0 bridgehead atoms. The van der Waals surface area contributed by atoms with Gasteiger partial charge < -0.3 is 14.9 Å². The number of aliphatic hydroxyl groups is 1. The molecule has 1 atom stereocenters. The lowest BCUT2D eigenvalue weighted by atomic mass is 9.95. The van der Waals surface area contributed by atoms with Crippen molar-refractivity contribution in [1.29, 1.82) is 0 Å². The molecule has 1 saturated heterocycles. The Morgan fingerprint density at radius 2 is 1.70 bits per heavy atom. The predicted octanol–water partition coefficient (Wildman–Crippen LogP) is 5.24. The molecule has 1 fully saturated rings. The first-order chi connectivity index (χ1) is 15.8. The van der Waals surface area contributed by atoms with E-state index in [0.717, 1.165) is 12.0 Å². The maximum Gasteiger partial charge on any atom is 0.300 e. The normalized spacial score (nSPS) is 17.4. The highest BCUT2D eigenvalue weighted by molar-refractivity contribution is 6.52. The van der Waals surface area contributed by atoms with Gasteiger partial charge in [0, 0.05) is 11.3 Å². The monoisotopic (exact) mass is 463 g/mol. The number of ketones is 1. The average molecular weight is 464 g/mol. The lowest BCUT2D eigenvalue weighted by Gasteiger charge is -2.25. The molecule has 33 heavy (non-hydrogen) atoms. The molecule has 0 saturated carbocycles. The summed E-state index contributed by atoms with van der Waals surface area (Å²) < 4.78 is 5.23. The number of methoxy groups -OCH3 is 1. The van der Waals surface area contributed by atoms with E-state index in [4.69, 9.17) is 16.3 Å². The summed E-state index contributed by atoms with van der Waals surface area (Å²) in [7, 11) is 1.47. The summed E-state index contributed by atoms with van der Waals surface area (Å²) in [5.41, 5.74) is 2.23. The van der Waals surface area contributed by atoms with Crippen LogP contribution in [0, 0.1) is 0 Å². The number of aromatic hydroxyl groups is 1. The number of aliphatic hydroxyl groups excluding tert-OH is 1. The summed E-state index contributed by atoms with van der Waals surface area (Å²) in [6, 6.07) is 17.3. The molecule has 0 aromatic heterocycles. The van der Waals surface area contributed by atoms with E-state index in [-0.39, 0.29) is 21.9 Å². The third kappa shape index (κ3) is 4.05. The molecule has 7 heteroatoms. The van der Waals surface area contributed by atoms with Crippen molar-refractivity contribution in [3.63, 3.8) is 0 Å². The third-order valence-electron chi connectivity index (χ3n) is 5.70. The minimum atomic E-state index is -0.916. The van der Waals surface area contributed by atoms with Crippen molar-refractivity contribution in [2.75, 3.05) is 12.0 Å². The first-order valence-corrected chi connectivity index (χ1v) is 10.8. The highest BCUT2D eigenvalue weighted by Gasteiger charge is 2.47. The number of nitrogens with zero attached hydrogens (tertiary/aromatic N) is 1. The number of Topliss-reactive ketones (excluding diaryl/α,β-unsaturated/α-hetero) is 1. The number of phenols is 1. The number of aryl methyl sites for hydroxylation is 1. The van der Waals surface area contributed by atoms with Gasteiger partial charge in [0.15, 0.2) is 0 Å². The number of carbonyl (C=O) groups is 2. The van der Waals surface area contributed by atoms with Crippen LogP contribution in [0.2, 0.25) is 5.02 Å². The van der Waals surface area contributed by atoms with Gasteiger partial charge in [0.1, 0.15) is 17.3 Å². The van der Waals surface area contributed by atoms with Crippen LogP contribution in [0.15, 0.2) is 72.3 Å². The number of carbonyl (C=O) groups excluding carboxylic acids is 2. The quantitative estimate of drug-likeness (QED) is 0.307. The van der Waals surface area contributed by atoms with Crippen LogP contribution in [0.25, 0.3) is 5.76 Å². The van der Waals surface area contributed by atoms with E-state index in [1.807, 2.05) is 19.1 Å². The van der Waals surface area contributed by atoms with E-state index < -0.39 is 23.5 Å². The molecule has 3 aromatic carbocycles. The molecule has 3 aromatic rings. The van der Waals surface area contributed by atoms with E-state index in [9.17, 15) is 19.8 Å². The molecular weight excluding hydrogens is 442 g/mol. The molecule has 2 N–H and O–H groups in total. The van der Waals surface area contributed by atoms with Gasteiger partial charge in [-0.3, -0.25) is 14.5 Å². The number of halogens is 1. The van der Waals surface area contributed by atoms with Gasteiger partial charge in [-0.2, -0.15) is 0 Å². The fourth-order valence-corrected chi connectivity index (χ4v) is 4.13. The van der Waals surface area contributed by atoms with Gasteiger partial charge in [-0.25, -0.2) is 0 Å². The molecule has 4 rings (SSSR count). The van der Waals surface area contributed by atoms with Gasteiger partial charge in [-0.15, -0.1) is 0 Å². The first-order valence-electron chi connectivity index (χ1n) is 10.4. The Morgan fingerprint density at radius 1 is 1.03 bits per heavy atom. The van der Waals surface area contributed by atoms with Gasteiger partial charge >= 0.3 is 0 Å². The van der Waals surface area contributed by atoms with Gasteiger partial charge in [0.25, 0.3) is 11.7 Å². The summed E-state index contributed by atoms with van der Waals surface area (Å²) in [6.07, 6.45) is 0.828. The SMILES string of the molecule is CCc1ccc(N2C(=O)C(=O)/C(=C(/O)c3cc(OC)ccc3Cl)C2c2ccc(O)cc2)cc1. The molecular formula is C26H22ClNO5. The average Bonchev–Trinajstić information content (AvgIpc) is 3.10. The summed E-state index contributed by atoms with van der Waals surface area (Å²) in [5, 5.41) is 21.2. The summed E-state index contributed by atoms with van der Waals surface area (Å²) in [6.45, 7) is 2.02. The lowest BCUT2D eigenvalue weighted by Crippen LogP contribution is -2.29. The van der Waals surface area contributed by atoms with Crippen molar-refractivity contribution in [3.05, 3.63) is 94.0 Å². The summed E-state index contributed by atoms with van der Waals surface area (Å²) in [5.74, 6) is -1.52. The van der Waals surface area contributed by atoms with Crippen LogP contribution in [0.3, 0.4) is 0 Å². The number of benzene rings is 3. The van der Waals surface area contributed by atoms with E-state index >= 15 is 0 Å². The zero-order chi connectivity index (χ0) is 23.7. The largest absolute Gasteiger partial charge is 0.508 e. The topological polar surface area (TPSA) is 87.1 Å². The second-order valence-corrected chi connectivity index (χ2v) is 8.03. The zero-order valence-electron chi connectivity index (χ0n) is 18.1. The number of amides is 1. The standard InChI is InChI=1S/C26H22ClNO5/c1-3-15-4-8-17(9-5-15)28-23(16-6-10-18(29)11-7-16)22(25(31)26(28)32)24(30)20-14-19(33-2)12-13-21(20)27/h4-14,23,29-30H,3H2,1-2H3/b24-22+. The van der Waals surface area contributed by atoms with Crippen molar-refractivity contribution in [3.8, 4) is 11.5 Å². The Balaban J connectivity index is 1.95. The summed E-state index contributed by atoms with van der Waals surface area (Å²) in [4.78, 5) is 27.8. The Morgan fingerprint density at radius 3 is 2.30 bits per heavy atom. The Labute approximate surface area is 196 Å². The van der Waals surface area contributed by atoms with Gasteiger partial charge in [-0.1, -0.05) is 42.8 Å². The van der Waals surface area contributed by atoms with E-state index in [1.54, 1.807) is 36.4 Å². The molecule has 6 nitrogen and oxygen atoms in total. The molecule has 1 unspecified atom stereocenters. The summed E-state index contributed by atoms with van der Waals surface area (Å²) >= 11 is 6.32. The second kappa shape index (κ2) is 9.00.